The van der Waals surface area contributed by atoms with Crippen LogP contribution in [0.2, 0.25) is 0 Å². The largest absolute Gasteiger partial charge is 0.351 e. The van der Waals surface area contributed by atoms with Gasteiger partial charge in [-0.25, -0.2) is 23.5 Å². The second-order valence-electron chi connectivity index (χ2n) is 19.2. The smallest absolute Gasteiger partial charge is 0.321 e. The number of anilines is 2. The van der Waals surface area contributed by atoms with Crippen LogP contribution in [0, 0.1) is 37.3 Å². The lowest BCUT2D eigenvalue weighted by Gasteiger charge is -2.39. The minimum atomic E-state index is -0.323. The van der Waals surface area contributed by atoms with Crippen molar-refractivity contribution in [3.63, 3.8) is 0 Å². The molecule has 2 saturated heterocycles. The Labute approximate surface area is 422 Å². The average Bonchev–Trinajstić information content (AvgIpc) is 3.87. The zero-order chi connectivity index (χ0) is 51.2. The van der Waals surface area contributed by atoms with E-state index < -0.39 is 0 Å². The van der Waals surface area contributed by atoms with E-state index in [0.29, 0.717) is 63.4 Å². The number of carbonyl (C=O) groups excluding carboxylic acids is 6. The second kappa shape index (κ2) is 26.2. The van der Waals surface area contributed by atoms with E-state index in [0.717, 1.165) is 69.3 Å². The van der Waals surface area contributed by atoms with Crippen LogP contribution in [0.25, 0.3) is 0 Å². The average molecular weight is 1020 g/mol. The summed E-state index contributed by atoms with van der Waals surface area (Å²) in [4.78, 5) is 84.3. The maximum absolute atomic E-state index is 13.2. The van der Waals surface area contributed by atoms with Gasteiger partial charge in [-0.2, -0.15) is 0 Å². The van der Waals surface area contributed by atoms with Crippen LogP contribution in [0.5, 0.6) is 0 Å². The lowest BCUT2D eigenvalue weighted by atomic mass is 9.84. The molecule has 2 aromatic carbocycles. The predicted molar refractivity (Wildman–Crippen MR) is 273 cm³/mol. The maximum atomic E-state index is 13.2. The number of ketones is 2. The number of halogens is 2. The third-order valence-electron chi connectivity index (χ3n) is 13.1. The van der Waals surface area contributed by atoms with Gasteiger partial charge in [-0.3, -0.25) is 39.1 Å². The molecule has 384 valence electrons. The zero-order valence-electron chi connectivity index (χ0n) is 41.3. The van der Waals surface area contributed by atoms with Crippen molar-refractivity contribution < 1.29 is 37.5 Å². The molecule has 20 heteroatoms. The number of aromatic nitrogens is 2. The monoisotopic (exact) mass is 1020 g/mol. The van der Waals surface area contributed by atoms with Gasteiger partial charge in [0, 0.05) is 71.1 Å². The Morgan fingerprint density at radius 1 is 0.662 bits per heavy atom. The van der Waals surface area contributed by atoms with Gasteiger partial charge in [0.05, 0.1) is 34.2 Å². The first kappa shape index (κ1) is 54.8. The van der Waals surface area contributed by atoms with Crippen molar-refractivity contribution in [2.45, 2.75) is 123 Å². The van der Waals surface area contributed by atoms with Crippen LogP contribution in [0.15, 0.2) is 48.5 Å². The molecule has 4 fully saturated rings. The molecule has 2 saturated carbocycles. The number of amides is 5. The topological polar surface area (TPSA) is 221 Å². The van der Waals surface area contributed by atoms with Crippen LogP contribution in [0.4, 0.5) is 23.8 Å². The molecule has 2 aliphatic heterocycles. The number of hydrogen-bond donors (Lipinski definition) is 6. The van der Waals surface area contributed by atoms with E-state index in [1.54, 1.807) is 38.1 Å². The summed E-state index contributed by atoms with van der Waals surface area (Å²) >= 11 is 2.39. The minimum absolute atomic E-state index is 0.00220. The number of hydrogen-bond acceptors (Lipinski definition) is 13. The molecule has 7 N–H and O–H groups in total. The van der Waals surface area contributed by atoms with E-state index in [-0.39, 0.29) is 77.0 Å². The van der Waals surface area contributed by atoms with Crippen LogP contribution >= 0.6 is 22.7 Å². The lowest BCUT2D eigenvalue weighted by Crippen LogP contribution is -2.57. The summed E-state index contributed by atoms with van der Waals surface area (Å²) in [6.07, 6.45) is 10.1. The highest BCUT2D eigenvalue weighted by Crippen LogP contribution is 2.28. The standard InChI is InChI=1S/C25H32FN5O3S.C18H26FN3O.C8H10N2O2S/c1-15-23(16(2)32)35-25(27-15)30-24(34)29-21-6-4-3-5-18(21)12-31-13-20(28-22(33)14-31)11-17-7-9-19(26)10-8-17;19-15-7-5-13(6-8-15)9-16-11-22(12-18(23)21-16)10-14-3-1-2-4-17(14)20;1-4-7(5(2)11)13-8(9-4)10-6(3)12/h7-10,18,20-21H,3-6,11-14H2,1-2H3,(H,28,33)(H2,27,29,30,34);5-8,14,16-17H,1-4,9-12,20H2,(H,21,23);1-3H3,(H,9,10,12)/t18-,20-,21+;14-,16-,17+;/m00./s1. The van der Waals surface area contributed by atoms with Crippen molar-refractivity contribution in [3.8, 4) is 0 Å². The van der Waals surface area contributed by atoms with Crippen LogP contribution in [-0.2, 0) is 27.2 Å². The van der Waals surface area contributed by atoms with E-state index in [9.17, 15) is 37.5 Å². The van der Waals surface area contributed by atoms with E-state index >= 15 is 0 Å². The summed E-state index contributed by atoms with van der Waals surface area (Å²) in [5.74, 6) is 0.0366. The number of urea groups is 1. The van der Waals surface area contributed by atoms with Crippen molar-refractivity contribution >= 4 is 68.3 Å². The normalized spacial score (nSPS) is 22.6. The van der Waals surface area contributed by atoms with Crippen LogP contribution in [0.3, 0.4) is 0 Å². The van der Waals surface area contributed by atoms with Crippen molar-refractivity contribution in [1.29, 1.82) is 0 Å². The Morgan fingerprint density at radius 2 is 1.10 bits per heavy atom. The number of carbonyl (C=O) groups is 6. The zero-order valence-corrected chi connectivity index (χ0v) is 42.9. The van der Waals surface area contributed by atoms with Gasteiger partial charge < -0.3 is 27.0 Å². The fourth-order valence-electron chi connectivity index (χ4n) is 9.86. The number of nitrogens with zero attached hydrogens (tertiary/aromatic N) is 4. The molecule has 2 aliphatic carbocycles. The number of piperazine rings is 2. The molecule has 4 aromatic rings. The van der Waals surface area contributed by atoms with E-state index in [4.69, 9.17) is 5.73 Å². The summed E-state index contributed by atoms with van der Waals surface area (Å²) in [6, 6.07) is 12.9. The number of Topliss-reactive ketones (excluding diaryl/α,β-unsaturated/α-hetero) is 2. The summed E-state index contributed by atoms with van der Waals surface area (Å²) in [7, 11) is 0. The van der Waals surface area contributed by atoms with E-state index in [2.05, 4.69) is 46.4 Å². The highest BCUT2D eigenvalue weighted by Gasteiger charge is 2.33. The molecule has 2 aromatic heterocycles. The first-order valence-corrected chi connectivity index (χ1v) is 26.1. The molecular formula is C51H68F2N10O6S2. The van der Waals surface area contributed by atoms with Gasteiger partial charge in [0.2, 0.25) is 17.7 Å². The van der Waals surface area contributed by atoms with Crippen molar-refractivity contribution in [3.05, 3.63) is 92.4 Å². The Bertz CT molecular complexity index is 2470. The maximum Gasteiger partial charge on any atom is 0.321 e. The third kappa shape index (κ3) is 17.3. The van der Waals surface area contributed by atoms with Gasteiger partial charge in [0.25, 0.3) is 0 Å². The van der Waals surface area contributed by atoms with Crippen molar-refractivity contribution in [2.75, 3.05) is 49.9 Å². The molecular weight excluding hydrogens is 951 g/mol. The van der Waals surface area contributed by atoms with Crippen LogP contribution in [0.1, 0.15) is 114 Å². The number of nitrogens with one attached hydrogen (secondary N) is 5. The van der Waals surface area contributed by atoms with Gasteiger partial charge in [-0.05, 0) is 99.6 Å². The van der Waals surface area contributed by atoms with E-state index in [1.807, 2.05) is 0 Å². The van der Waals surface area contributed by atoms with Gasteiger partial charge in [-0.15, -0.1) is 0 Å². The van der Waals surface area contributed by atoms with Gasteiger partial charge in [0.15, 0.2) is 21.8 Å². The van der Waals surface area contributed by atoms with Gasteiger partial charge >= 0.3 is 6.03 Å². The molecule has 5 amide bonds. The summed E-state index contributed by atoms with van der Waals surface area (Å²) in [6.45, 7) is 11.9. The first-order valence-electron chi connectivity index (χ1n) is 24.5. The molecule has 0 bridgehead atoms. The molecule has 6 atom stereocenters. The van der Waals surface area contributed by atoms with Crippen molar-refractivity contribution in [2.24, 2.45) is 17.6 Å². The fourth-order valence-corrected chi connectivity index (χ4v) is 11.6. The summed E-state index contributed by atoms with van der Waals surface area (Å²) < 4.78 is 26.2. The van der Waals surface area contributed by atoms with Gasteiger partial charge in [-0.1, -0.05) is 72.6 Å². The van der Waals surface area contributed by atoms with Crippen molar-refractivity contribution in [1.82, 2.24) is 35.7 Å². The number of nitrogens with two attached hydrogens (primary N) is 1. The molecule has 0 unspecified atom stereocenters. The molecule has 71 heavy (non-hydrogen) atoms. The number of benzene rings is 2. The quantitative estimate of drug-likeness (QED) is 0.0764. The fraction of sp³-hybridized carbons (Fsp3) is 0.529. The molecule has 0 spiro atoms. The number of rotatable bonds is 13. The lowest BCUT2D eigenvalue weighted by molar-refractivity contribution is -0.126. The highest BCUT2D eigenvalue weighted by molar-refractivity contribution is 7.18. The molecule has 4 heterocycles. The van der Waals surface area contributed by atoms with E-state index in [1.165, 1.54) is 87.0 Å². The first-order chi connectivity index (χ1) is 33.9. The van der Waals surface area contributed by atoms with Crippen LogP contribution < -0.4 is 32.3 Å². The van der Waals surface area contributed by atoms with Gasteiger partial charge in [0.1, 0.15) is 11.6 Å². The summed E-state index contributed by atoms with van der Waals surface area (Å²) in [5, 5.41) is 15.4. The third-order valence-corrected chi connectivity index (χ3v) is 15.5. The molecule has 16 nitrogen and oxygen atoms in total. The predicted octanol–water partition coefficient (Wildman–Crippen LogP) is 6.82. The minimum Gasteiger partial charge on any atom is -0.351 e. The highest BCUT2D eigenvalue weighted by atomic mass is 32.1. The summed E-state index contributed by atoms with van der Waals surface area (Å²) in [5.41, 5.74) is 9.56. The Morgan fingerprint density at radius 3 is 1.55 bits per heavy atom. The molecule has 8 rings (SSSR count). The Balaban J connectivity index is 0.000000195. The van der Waals surface area contributed by atoms with Crippen LogP contribution in [-0.4, -0.2) is 119 Å². The Kier molecular flexibility index (Phi) is 20.2. The second-order valence-corrected chi connectivity index (χ2v) is 21.2. The Hall–Kier alpha value is -5.54. The molecule has 4 aliphatic rings. The number of thiazole rings is 2. The SMILES string of the molecule is CC(=O)Nc1nc(C)c(C(C)=O)s1.CC(=O)c1sc(NC(=O)N[C@@H]2CCCC[C@H]2CN2CC(=O)N[C@@H](Cc3ccc(F)cc3)C2)nc1C.N[C@@H]1CCCC[C@H]1CN1CC(=O)N[C@@H](Cc2ccc(F)cc2)C1. The molecule has 0 radical (unpaired) electrons. The number of aryl methyl sites for hydroxylation is 2.